The molecule has 0 aromatic rings. The first kappa shape index (κ1) is 13.8. The van der Waals surface area contributed by atoms with E-state index in [9.17, 15) is 9.59 Å². The SMILES string of the molecule is CC(NC(=O)N(C)C1CCCC1)C(C)C(=O)O. The molecule has 1 aliphatic carbocycles. The van der Waals surface area contributed by atoms with Crippen LogP contribution in [0.2, 0.25) is 0 Å². The molecule has 5 heteroatoms. The second-order valence-electron chi connectivity index (χ2n) is 4.91. The molecular formula is C12H22N2O3. The Balaban J connectivity index is 2.44. The summed E-state index contributed by atoms with van der Waals surface area (Å²) in [6.07, 6.45) is 4.44. The first-order valence-electron chi connectivity index (χ1n) is 6.19. The molecular weight excluding hydrogens is 220 g/mol. The van der Waals surface area contributed by atoms with Gasteiger partial charge in [-0.15, -0.1) is 0 Å². The lowest BCUT2D eigenvalue weighted by Crippen LogP contribution is -2.48. The van der Waals surface area contributed by atoms with Crippen LogP contribution in [0.4, 0.5) is 4.79 Å². The molecule has 0 bridgehead atoms. The Labute approximate surface area is 102 Å². The fourth-order valence-electron chi connectivity index (χ4n) is 2.09. The quantitative estimate of drug-likeness (QED) is 0.788. The summed E-state index contributed by atoms with van der Waals surface area (Å²) in [6, 6.07) is -0.219. The van der Waals surface area contributed by atoms with Gasteiger partial charge in [0.15, 0.2) is 0 Å². The van der Waals surface area contributed by atoms with Gasteiger partial charge in [-0.1, -0.05) is 12.8 Å². The second-order valence-corrected chi connectivity index (χ2v) is 4.91. The summed E-state index contributed by atoms with van der Waals surface area (Å²) in [5, 5.41) is 11.6. The molecule has 1 rings (SSSR count). The van der Waals surface area contributed by atoms with E-state index >= 15 is 0 Å². The molecule has 0 aliphatic heterocycles. The molecule has 1 saturated carbocycles. The molecule has 0 spiro atoms. The Morgan fingerprint density at radius 3 is 2.29 bits per heavy atom. The monoisotopic (exact) mass is 242 g/mol. The topological polar surface area (TPSA) is 69.6 Å². The third-order valence-electron chi connectivity index (χ3n) is 3.68. The van der Waals surface area contributed by atoms with E-state index in [-0.39, 0.29) is 12.1 Å². The molecule has 98 valence electrons. The van der Waals surface area contributed by atoms with Gasteiger partial charge in [0.05, 0.1) is 5.92 Å². The van der Waals surface area contributed by atoms with Crippen LogP contribution in [0.25, 0.3) is 0 Å². The highest BCUT2D eigenvalue weighted by Crippen LogP contribution is 2.22. The molecule has 2 N–H and O–H groups in total. The van der Waals surface area contributed by atoms with Gasteiger partial charge in [0.25, 0.3) is 0 Å². The molecule has 17 heavy (non-hydrogen) atoms. The average Bonchev–Trinajstić information content (AvgIpc) is 2.79. The van der Waals surface area contributed by atoms with Crippen LogP contribution in [-0.2, 0) is 4.79 Å². The van der Waals surface area contributed by atoms with Crippen LogP contribution >= 0.6 is 0 Å². The summed E-state index contributed by atoms with van der Waals surface area (Å²) in [4.78, 5) is 24.4. The van der Waals surface area contributed by atoms with E-state index in [4.69, 9.17) is 5.11 Å². The Morgan fingerprint density at radius 1 is 1.29 bits per heavy atom. The maximum absolute atomic E-state index is 11.9. The van der Waals surface area contributed by atoms with Crippen molar-refractivity contribution in [1.82, 2.24) is 10.2 Å². The van der Waals surface area contributed by atoms with Gasteiger partial charge in [-0.25, -0.2) is 4.79 Å². The Kier molecular flexibility index (Phi) is 4.78. The summed E-state index contributed by atoms with van der Waals surface area (Å²) < 4.78 is 0. The van der Waals surface area contributed by atoms with Gasteiger partial charge in [0.2, 0.25) is 0 Å². The summed E-state index contributed by atoms with van der Waals surface area (Å²) >= 11 is 0. The van der Waals surface area contributed by atoms with Crippen molar-refractivity contribution in [3.63, 3.8) is 0 Å². The van der Waals surface area contributed by atoms with E-state index in [1.165, 1.54) is 12.8 Å². The van der Waals surface area contributed by atoms with Gasteiger partial charge in [-0.3, -0.25) is 4.79 Å². The number of nitrogens with one attached hydrogen (secondary N) is 1. The smallest absolute Gasteiger partial charge is 0.317 e. The van der Waals surface area contributed by atoms with E-state index < -0.39 is 11.9 Å². The van der Waals surface area contributed by atoms with Gasteiger partial charge in [-0.2, -0.15) is 0 Å². The molecule has 0 radical (unpaired) electrons. The minimum absolute atomic E-state index is 0.169. The number of carboxylic acids is 1. The van der Waals surface area contributed by atoms with Crippen molar-refractivity contribution >= 4 is 12.0 Å². The fraction of sp³-hybridized carbons (Fsp3) is 0.833. The highest BCUT2D eigenvalue weighted by molar-refractivity contribution is 5.76. The largest absolute Gasteiger partial charge is 0.481 e. The average molecular weight is 242 g/mol. The van der Waals surface area contributed by atoms with E-state index in [1.54, 1.807) is 25.8 Å². The van der Waals surface area contributed by atoms with Gasteiger partial charge in [0.1, 0.15) is 0 Å². The maximum atomic E-state index is 11.9. The van der Waals surface area contributed by atoms with Gasteiger partial charge in [0, 0.05) is 19.1 Å². The zero-order chi connectivity index (χ0) is 13.0. The van der Waals surface area contributed by atoms with Crippen LogP contribution in [0.3, 0.4) is 0 Å². The molecule has 0 aromatic carbocycles. The lowest BCUT2D eigenvalue weighted by atomic mass is 10.0. The molecule has 2 amide bonds. The predicted octanol–water partition coefficient (Wildman–Crippen LogP) is 1.68. The Morgan fingerprint density at radius 2 is 1.82 bits per heavy atom. The van der Waals surface area contributed by atoms with E-state index in [0.717, 1.165) is 12.8 Å². The normalized spacial score (nSPS) is 19.7. The number of hydrogen-bond acceptors (Lipinski definition) is 2. The molecule has 0 aromatic heterocycles. The predicted molar refractivity (Wildman–Crippen MR) is 64.8 cm³/mol. The van der Waals surface area contributed by atoms with Gasteiger partial charge in [-0.05, 0) is 26.7 Å². The lowest BCUT2D eigenvalue weighted by Gasteiger charge is -2.27. The minimum Gasteiger partial charge on any atom is -0.481 e. The summed E-state index contributed by atoms with van der Waals surface area (Å²) in [5.74, 6) is -1.46. The number of amides is 2. The van der Waals surface area contributed by atoms with Crippen LogP contribution < -0.4 is 5.32 Å². The number of aliphatic carboxylic acids is 1. The van der Waals surface area contributed by atoms with Gasteiger partial charge >= 0.3 is 12.0 Å². The van der Waals surface area contributed by atoms with Crippen molar-refractivity contribution in [2.75, 3.05) is 7.05 Å². The Hall–Kier alpha value is -1.26. The van der Waals surface area contributed by atoms with Crippen molar-refractivity contribution < 1.29 is 14.7 Å². The number of nitrogens with zero attached hydrogens (tertiary/aromatic N) is 1. The van der Waals surface area contributed by atoms with Crippen LogP contribution in [0, 0.1) is 5.92 Å². The zero-order valence-corrected chi connectivity index (χ0v) is 10.8. The number of urea groups is 1. The third kappa shape index (κ3) is 3.61. The summed E-state index contributed by atoms with van der Waals surface area (Å²) in [7, 11) is 1.78. The fourth-order valence-corrected chi connectivity index (χ4v) is 2.09. The number of rotatable bonds is 4. The van der Waals surface area contributed by atoms with Crippen molar-refractivity contribution in [2.45, 2.75) is 51.6 Å². The van der Waals surface area contributed by atoms with Crippen molar-refractivity contribution in [1.29, 1.82) is 0 Å². The van der Waals surface area contributed by atoms with Crippen LogP contribution in [-0.4, -0.2) is 41.1 Å². The van der Waals surface area contributed by atoms with Crippen molar-refractivity contribution in [3.05, 3.63) is 0 Å². The highest BCUT2D eigenvalue weighted by Gasteiger charge is 2.26. The first-order valence-corrected chi connectivity index (χ1v) is 6.19. The van der Waals surface area contributed by atoms with Gasteiger partial charge < -0.3 is 15.3 Å². The lowest BCUT2D eigenvalue weighted by molar-refractivity contribution is -0.141. The first-order chi connectivity index (χ1) is 7.93. The van der Waals surface area contributed by atoms with Crippen LogP contribution in [0.15, 0.2) is 0 Å². The molecule has 0 heterocycles. The maximum Gasteiger partial charge on any atom is 0.317 e. The van der Waals surface area contributed by atoms with E-state index in [0.29, 0.717) is 6.04 Å². The molecule has 1 aliphatic rings. The van der Waals surface area contributed by atoms with E-state index in [2.05, 4.69) is 5.32 Å². The molecule has 2 atom stereocenters. The minimum atomic E-state index is -0.888. The third-order valence-corrected chi connectivity index (χ3v) is 3.68. The second kappa shape index (κ2) is 5.89. The summed E-state index contributed by atoms with van der Waals surface area (Å²) in [6.45, 7) is 3.32. The molecule has 1 fully saturated rings. The van der Waals surface area contributed by atoms with Crippen LogP contribution in [0.5, 0.6) is 0 Å². The van der Waals surface area contributed by atoms with E-state index in [1.807, 2.05) is 0 Å². The van der Waals surface area contributed by atoms with Crippen molar-refractivity contribution in [2.24, 2.45) is 5.92 Å². The molecule has 0 saturated heterocycles. The number of hydrogen-bond donors (Lipinski definition) is 2. The number of carboxylic acid groups (broad SMARTS) is 1. The van der Waals surface area contributed by atoms with Crippen molar-refractivity contribution in [3.8, 4) is 0 Å². The zero-order valence-electron chi connectivity index (χ0n) is 10.8. The number of carbonyl (C=O) groups is 2. The summed E-state index contributed by atoms with van der Waals surface area (Å²) in [5.41, 5.74) is 0. The molecule has 5 nitrogen and oxygen atoms in total. The number of carbonyl (C=O) groups excluding carboxylic acids is 1. The van der Waals surface area contributed by atoms with Crippen LogP contribution in [0.1, 0.15) is 39.5 Å². The highest BCUT2D eigenvalue weighted by atomic mass is 16.4. The standard InChI is InChI=1S/C12H22N2O3/c1-8(11(15)16)9(2)13-12(17)14(3)10-6-4-5-7-10/h8-10H,4-7H2,1-3H3,(H,13,17)(H,15,16). The Bertz CT molecular complexity index is 287. The molecule has 2 unspecified atom stereocenters.